The van der Waals surface area contributed by atoms with Crippen molar-refractivity contribution in [3.05, 3.63) is 0 Å². The highest BCUT2D eigenvalue weighted by Crippen LogP contribution is 2.29. The van der Waals surface area contributed by atoms with Crippen LogP contribution in [0.3, 0.4) is 0 Å². The quantitative estimate of drug-likeness (QED) is 0.692. The van der Waals surface area contributed by atoms with Gasteiger partial charge in [0.1, 0.15) is 0 Å². The van der Waals surface area contributed by atoms with E-state index in [4.69, 9.17) is 4.74 Å². The average molecular weight is 199 g/mol. The molecule has 0 aromatic carbocycles. The van der Waals surface area contributed by atoms with Crippen LogP contribution in [-0.4, -0.2) is 37.7 Å². The Morgan fingerprint density at radius 1 is 1.21 bits per heavy atom. The Morgan fingerprint density at radius 3 is 2.43 bits per heavy atom. The Morgan fingerprint density at radius 2 is 1.93 bits per heavy atom. The molecule has 0 amide bonds. The summed E-state index contributed by atoms with van der Waals surface area (Å²) < 4.78 is 5.18. The molecule has 2 fully saturated rings. The highest BCUT2D eigenvalue weighted by atomic mass is 16.5. The van der Waals surface area contributed by atoms with Gasteiger partial charge in [-0.05, 0) is 31.7 Å². The third-order valence-corrected chi connectivity index (χ3v) is 3.31. The lowest BCUT2D eigenvalue weighted by Crippen LogP contribution is -2.38. The van der Waals surface area contributed by atoms with Crippen LogP contribution in [0.25, 0.3) is 0 Å². The van der Waals surface area contributed by atoms with Crippen molar-refractivity contribution in [2.45, 2.75) is 45.6 Å². The lowest BCUT2D eigenvalue weighted by molar-refractivity contribution is 0.126. The number of likely N-dealkylation sites (tertiary alicyclic amines) is 1. The fourth-order valence-corrected chi connectivity index (χ4v) is 2.32. The van der Waals surface area contributed by atoms with E-state index in [0.29, 0.717) is 0 Å². The summed E-state index contributed by atoms with van der Waals surface area (Å²) in [5.41, 5.74) is 0. The zero-order valence-corrected chi connectivity index (χ0v) is 9.96. The molecule has 14 heavy (non-hydrogen) atoms. The smallest absolute Gasteiger partial charge is 0.0503 e. The van der Waals surface area contributed by atoms with Crippen molar-refractivity contribution in [3.8, 4) is 0 Å². The standard InChI is InChI=1S/C10H19NO.C2H6/c1-12-8-9-5-6-11(7-9)10-3-2-4-10;1-2/h9-10H,2-8H2,1H3;1-2H3. The van der Waals surface area contributed by atoms with Gasteiger partial charge >= 0.3 is 0 Å². The summed E-state index contributed by atoms with van der Waals surface area (Å²) >= 11 is 0. The van der Waals surface area contributed by atoms with Crippen LogP contribution in [-0.2, 0) is 4.74 Å². The summed E-state index contributed by atoms with van der Waals surface area (Å²) in [4.78, 5) is 2.66. The van der Waals surface area contributed by atoms with E-state index in [1.165, 1.54) is 38.8 Å². The molecule has 0 N–H and O–H groups in total. The van der Waals surface area contributed by atoms with E-state index in [2.05, 4.69) is 4.90 Å². The second-order valence-electron chi connectivity index (χ2n) is 4.19. The van der Waals surface area contributed by atoms with Crippen LogP contribution < -0.4 is 0 Å². The van der Waals surface area contributed by atoms with E-state index in [9.17, 15) is 0 Å². The first kappa shape index (κ1) is 12.0. The Kier molecular flexibility index (Phi) is 5.49. The Labute approximate surface area is 88.6 Å². The van der Waals surface area contributed by atoms with Gasteiger partial charge in [0.25, 0.3) is 0 Å². The number of nitrogens with zero attached hydrogens (tertiary/aromatic N) is 1. The van der Waals surface area contributed by atoms with Gasteiger partial charge < -0.3 is 9.64 Å². The van der Waals surface area contributed by atoms with Crippen molar-refractivity contribution < 1.29 is 4.74 Å². The first-order valence-electron chi connectivity index (χ1n) is 6.13. The van der Waals surface area contributed by atoms with Gasteiger partial charge in [0.15, 0.2) is 0 Å². The molecule has 2 heteroatoms. The zero-order valence-electron chi connectivity index (χ0n) is 9.96. The van der Waals surface area contributed by atoms with Crippen molar-refractivity contribution in [2.24, 2.45) is 5.92 Å². The predicted molar refractivity (Wildman–Crippen MR) is 60.5 cm³/mol. The summed E-state index contributed by atoms with van der Waals surface area (Å²) in [6, 6.07) is 0.937. The first-order valence-corrected chi connectivity index (χ1v) is 6.13. The van der Waals surface area contributed by atoms with Crippen molar-refractivity contribution in [3.63, 3.8) is 0 Å². The lowest BCUT2D eigenvalue weighted by atomic mass is 9.92. The van der Waals surface area contributed by atoms with Crippen molar-refractivity contribution in [2.75, 3.05) is 26.8 Å². The molecule has 84 valence electrons. The van der Waals surface area contributed by atoms with E-state index < -0.39 is 0 Å². The molecule has 2 aliphatic rings. The number of methoxy groups -OCH3 is 1. The SMILES string of the molecule is CC.COCC1CCN(C2CCC2)C1. The molecule has 1 atom stereocenters. The molecule has 0 aromatic rings. The van der Waals surface area contributed by atoms with Crippen molar-refractivity contribution in [1.29, 1.82) is 0 Å². The second kappa shape index (κ2) is 6.41. The molecular weight excluding hydrogens is 174 g/mol. The van der Waals surface area contributed by atoms with Crippen molar-refractivity contribution >= 4 is 0 Å². The first-order chi connectivity index (χ1) is 6.90. The third kappa shape index (κ3) is 2.96. The number of ether oxygens (including phenoxy) is 1. The molecule has 1 aliphatic carbocycles. The molecule has 2 rings (SSSR count). The molecule has 1 saturated carbocycles. The molecule has 2 nitrogen and oxygen atoms in total. The molecule has 0 radical (unpaired) electrons. The van der Waals surface area contributed by atoms with E-state index in [0.717, 1.165) is 18.6 Å². The van der Waals surface area contributed by atoms with Crippen LogP contribution in [0.5, 0.6) is 0 Å². The highest BCUT2D eigenvalue weighted by Gasteiger charge is 2.30. The maximum absolute atomic E-state index is 5.18. The van der Waals surface area contributed by atoms with E-state index in [1.54, 1.807) is 0 Å². The minimum absolute atomic E-state index is 0.815. The molecule has 1 heterocycles. The van der Waals surface area contributed by atoms with E-state index in [1.807, 2.05) is 21.0 Å². The minimum Gasteiger partial charge on any atom is -0.384 e. The lowest BCUT2D eigenvalue weighted by Gasteiger charge is -2.34. The van der Waals surface area contributed by atoms with Gasteiger partial charge in [0.2, 0.25) is 0 Å². The fraction of sp³-hybridized carbons (Fsp3) is 1.00. The highest BCUT2D eigenvalue weighted by molar-refractivity contribution is 4.85. The largest absolute Gasteiger partial charge is 0.384 e. The number of hydrogen-bond acceptors (Lipinski definition) is 2. The predicted octanol–water partition coefficient (Wildman–Crippen LogP) is 2.53. The van der Waals surface area contributed by atoms with Crippen LogP contribution in [0, 0.1) is 5.92 Å². The summed E-state index contributed by atoms with van der Waals surface area (Å²) in [5.74, 6) is 0.815. The average Bonchev–Trinajstić information content (AvgIpc) is 2.55. The summed E-state index contributed by atoms with van der Waals surface area (Å²) in [5, 5.41) is 0. The van der Waals surface area contributed by atoms with Crippen LogP contribution >= 0.6 is 0 Å². The molecule has 1 aliphatic heterocycles. The number of hydrogen-bond donors (Lipinski definition) is 0. The van der Waals surface area contributed by atoms with E-state index >= 15 is 0 Å². The number of rotatable bonds is 3. The Hall–Kier alpha value is -0.0800. The molecule has 0 aromatic heterocycles. The van der Waals surface area contributed by atoms with Crippen LogP contribution in [0.1, 0.15) is 39.5 Å². The summed E-state index contributed by atoms with van der Waals surface area (Å²) in [7, 11) is 1.81. The topological polar surface area (TPSA) is 12.5 Å². The van der Waals surface area contributed by atoms with Crippen LogP contribution in [0.4, 0.5) is 0 Å². The molecule has 0 spiro atoms. The maximum Gasteiger partial charge on any atom is 0.0503 e. The van der Waals surface area contributed by atoms with Gasteiger partial charge in [0.05, 0.1) is 6.61 Å². The van der Waals surface area contributed by atoms with Gasteiger partial charge in [0, 0.05) is 19.7 Å². The summed E-state index contributed by atoms with van der Waals surface area (Å²) in [6.45, 7) is 7.57. The Bertz CT molecular complexity index is 145. The van der Waals surface area contributed by atoms with Gasteiger partial charge in [-0.1, -0.05) is 20.3 Å². The maximum atomic E-state index is 5.18. The molecule has 0 bridgehead atoms. The van der Waals surface area contributed by atoms with Crippen molar-refractivity contribution in [1.82, 2.24) is 4.90 Å². The van der Waals surface area contributed by atoms with E-state index in [-0.39, 0.29) is 0 Å². The second-order valence-corrected chi connectivity index (χ2v) is 4.19. The van der Waals surface area contributed by atoms with Crippen LogP contribution in [0.2, 0.25) is 0 Å². The molecular formula is C12H25NO. The van der Waals surface area contributed by atoms with Gasteiger partial charge in [-0.3, -0.25) is 0 Å². The van der Waals surface area contributed by atoms with Gasteiger partial charge in [-0.25, -0.2) is 0 Å². The Balaban J connectivity index is 0.000000461. The normalized spacial score (nSPS) is 28.1. The fourth-order valence-electron chi connectivity index (χ4n) is 2.32. The zero-order chi connectivity index (χ0) is 10.4. The molecule has 1 saturated heterocycles. The summed E-state index contributed by atoms with van der Waals surface area (Å²) in [6.07, 6.45) is 5.69. The third-order valence-electron chi connectivity index (χ3n) is 3.31. The van der Waals surface area contributed by atoms with Gasteiger partial charge in [-0.2, -0.15) is 0 Å². The monoisotopic (exact) mass is 199 g/mol. The minimum atomic E-state index is 0.815. The molecule has 1 unspecified atom stereocenters. The van der Waals surface area contributed by atoms with Crippen LogP contribution in [0.15, 0.2) is 0 Å². The van der Waals surface area contributed by atoms with Gasteiger partial charge in [-0.15, -0.1) is 0 Å².